The Morgan fingerprint density at radius 3 is 2.45 bits per heavy atom. The number of imidazole rings is 1. The van der Waals surface area contributed by atoms with Crippen molar-refractivity contribution in [2.24, 2.45) is 0 Å². The molecule has 1 amide bonds. The summed E-state index contributed by atoms with van der Waals surface area (Å²) >= 11 is 0. The van der Waals surface area contributed by atoms with Crippen molar-refractivity contribution < 1.29 is 9.53 Å². The van der Waals surface area contributed by atoms with Crippen molar-refractivity contribution in [3.05, 3.63) is 132 Å². The Hall–Kier alpha value is -5.21. The van der Waals surface area contributed by atoms with Gasteiger partial charge in [0.1, 0.15) is 5.82 Å². The second kappa shape index (κ2) is 12.2. The molecule has 3 aromatic heterocycles. The quantitative estimate of drug-likeness (QED) is 0.221. The summed E-state index contributed by atoms with van der Waals surface area (Å²) in [4.78, 5) is 24.8. The molecule has 6 aromatic rings. The first kappa shape index (κ1) is 27.6. The van der Waals surface area contributed by atoms with Crippen LogP contribution in [0.3, 0.4) is 0 Å². The summed E-state index contributed by atoms with van der Waals surface area (Å²) in [6.45, 7) is 5.66. The second-order valence-electron chi connectivity index (χ2n) is 11.1. The van der Waals surface area contributed by atoms with E-state index in [1.165, 1.54) is 5.56 Å². The van der Waals surface area contributed by atoms with Crippen molar-refractivity contribution in [2.45, 2.75) is 20.0 Å². The molecule has 0 saturated carbocycles. The molecular formula is C36H34N6O2. The van der Waals surface area contributed by atoms with Gasteiger partial charge < -0.3 is 24.1 Å². The Balaban J connectivity index is 1.18. The highest BCUT2D eigenvalue weighted by Gasteiger charge is 2.24. The number of carbonyl (C=O) groups is 1. The Kier molecular flexibility index (Phi) is 7.65. The van der Waals surface area contributed by atoms with E-state index in [-0.39, 0.29) is 5.91 Å². The zero-order valence-corrected chi connectivity index (χ0v) is 24.7. The summed E-state index contributed by atoms with van der Waals surface area (Å²) in [6.07, 6.45) is 7.80. The molecule has 0 aliphatic carbocycles. The highest BCUT2D eigenvalue weighted by Crippen LogP contribution is 2.33. The van der Waals surface area contributed by atoms with Crippen LogP contribution in [0.4, 0.5) is 11.5 Å². The number of carbonyl (C=O) groups excluding carboxylic acids is 1. The number of pyridine rings is 1. The lowest BCUT2D eigenvalue weighted by Gasteiger charge is -2.27. The Labute approximate surface area is 256 Å². The molecule has 8 heteroatoms. The number of benzene rings is 3. The Bertz CT molecular complexity index is 1900. The van der Waals surface area contributed by atoms with Crippen LogP contribution < -0.4 is 5.32 Å². The predicted octanol–water partition coefficient (Wildman–Crippen LogP) is 6.52. The van der Waals surface area contributed by atoms with Crippen LogP contribution in [0, 0.1) is 6.92 Å². The highest BCUT2D eigenvalue weighted by molar-refractivity contribution is 6.06. The minimum atomic E-state index is 0.0413. The summed E-state index contributed by atoms with van der Waals surface area (Å²) in [7, 11) is 0. The number of anilines is 2. The van der Waals surface area contributed by atoms with E-state index >= 15 is 0 Å². The predicted molar refractivity (Wildman–Crippen MR) is 173 cm³/mol. The number of hydrogen-bond donors (Lipinski definition) is 1. The van der Waals surface area contributed by atoms with E-state index in [0.717, 1.165) is 44.8 Å². The van der Waals surface area contributed by atoms with E-state index in [1.54, 1.807) is 6.20 Å². The Morgan fingerprint density at radius 2 is 1.64 bits per heavy atom. The number of aromatic nitrogens is 4. The fourth-order valence-electron chi connectivity index (χ4n) is 5.88. The van der Waals surface area contributed by atoms with Gasteiger partial charge in [0.25, 0.3) is 5.91 Å². The van der Waals surface area contributed by atoms with Gasteiger partial charge in [0.15, 0.2) is 0 Å². The normalized spacial score (nSPS) is 13.3. The minimum absolute atomic E-state index is 0.0413. The summed E-state index contributed by atoms with van der Waals surface area (Å²) in [5, 5.41) is 5.62. The molecular weight excluding hydrogens is 548 g/mol. The molecule has 0 radical (unpaired) electrons. The van der Waals surface area contributed by atoms with Crippen molar-refractivity contribution in [3.8, 4) is 11.1 Å². The van der Waals surface area contributed by atoms with Crippen LogP contribution in [0.15, 0.2) is 110 Å². The Morgan fingerprint density at radius 1 is 0.841 bits per heavy atom. The number of fused-ring (bicyclic) bond motifs is 1. The standard InChI is InChI=1S/C36H34N6O2/c1-26-34(42(25-38-26)21-27-12-14-29(15-13-27)39-35-11-4-5-16-37-35)24-40-22-32(31-10-6-8-28-7-2-3-9-30(28)31)33(23-40)36(43)41-17-19-44-20-18-41/h2-16,22-23,25H,17-21,24H2,1H3,(H,37,39). The van der Waals surface area contributed by atoms with E-state index < -0.39 is 0 Å². The number of ether oxygens (including phenoxy) is 1. The van der Waals surface area contributed by atoms with Crippen molar-refractivity contribution in [2.75, 3.05) is 31.6 Å². The van der Waals surface area contributed by atoms with E-state index in [9.17, 15) is 4.79 Å². The molecule has 0 bridgehead atoms. The molecule has 3 aromatic carbocycles. The zero-order valence-electron chi connectivity index (χ0n) is 24.7. The molecule has 1 aliphatic heterocycles. The van der Waals surface area contributed by atoms with Gasteiger partial charge >= 0.3 is 0 Å². The lowest BCUT2D eigenvalue weighted by molar-refractivity contribution is 0.0303. The van der Waals surface area contributed by atoms with Gasteiger partial charge in [-0.05, 0) is 53.1 Å². The molecule has 1 fully saturated rings. The van der Waals surface area contributed by atoms with Crippen LogP contribution >= 0.6 is 0 Å². The summed E-state index contributed by atoms with van der Waals surface area (Å²) < 4.78 is 9.85. The van der Waals surface area contributed by atoms with Crippen LogP contribution in [0.5, 0.6) is 0 Å². The molecule has 1 N–H and O–H groups in total. The molecule has 0 spiro atoms. The molecule has 8 nitrogen and oxygen atoms in total. The number of morpholine rings is 1. The van der Waals surface area contributed by atoms with Gasteiger partial charge in [0.05, 0.1) is 43.0 Å². The van der Waals surface area contributed by atoms with Crippen molar-refractivity contribution in [3.63, 3.8) is 0 Å². The molecule has 0 unspecified atom stereocenters. The van der Waals surface area contributed by atoms with Crippen LogP contribution in [0.25, 0.3) is 21.9 Å². The smallest absolute Gasteiger partial charge is 0.256 e. The molecule has 220 valence electrons. The highest BCUT2D eigenvalue weighted by atomic mass is 16.5. The van der Waals surface area contributed by atoms with Crippen LogP contribution in [0.2, 0.25) is 0 Å². The topological polar surface area (TPSA) is 77.2 Å². The van der Waals surface area contributed by atoms with Crippen molar-refractivity contribution in [1.29, 1.82) is 0 Å². The maximum Gasteiger partial charge on any atom is 0.256 e. The lowest BCUT2D eigenvalue weighted by Crippen LogP contribution is -2.40. The van der Waals surface area contributed by atoms with Gasteiger partial charge in [-0.3, -0.25) is 4.79 Å². The van der Waals surface area contributed by atoms with E-state index in [0.29, 0.717) is 45.0 Å². The van der Waals surface area contributed by atoms with E-state index in [1.807, 2.05) is 48.6 Å². The van der Waals surface area contributed by atoms with Gasteiger partial charge in [0.2, 0.25) is 0 Å². The summed E-state index contributed by atoms with van der Waals surface area (Å²) in [6, 6.07) is 28.8. The number of amides is 1. The number of rotatable bonds is 8. The maximum atomic E-state index is 13.9. The summed E-state index contributed by atoms with van der Waals surface area (Å²) in [5.74, 6) is 0.855. The zero-order chi connectivity index (χ0) is 29.9. The van der Waals surface area contributed by atoms with E-state index in [2.05, 4.69) is 91.3 Å². The van der Waals surface area contributed by atoms with Gasteiger partial charge in [-0.2, -0.15) is 0 Å². The first-order chi connectivity index (χ1) is 21.6. The van der Waals surface area contributed by atoms with E-state index in [4.69, 9.17) is 4.74 Å². The maximum absolute atomic E-state index is 13.9. The monoisotopic (exact) mass is 582 g/mol. The molecule has 0 atom stereocenters. The van der Waals surface area contributed by atoms with Crippen LogP contribution in [0.1, 0.15) is 27.3 Å². The summed E-state index contributed by atoms with van der Waals surface area (Å²) in [5.41, 5.74) is 6.94. The van der Waals surface area contributed by atoms with Crippen LogP contribution in [-0.2, 0) is 17.8 Å². The number of nitrogens with zero attached hydrogens (tertiary/aromatic N) is 5. The third kappa shape index (κ3) is 5.72. The van der Waals surface area contributed by atoms with Crippen LogP contribution in [-0.4, -0.2) is 56.2 Å². The fourth-order valence-corrected chi connectivity index (χ4v) is 5.88. The number of nitrogens with one attached hydrogen (secondary N) is 1. The fraction of sp³-hybridized carbons (Fsp3) is 0.194. The average molecular weight is 583 g/mol. The third-order valence-electron chi connectivity index (χ3n) is 8.22. The number of aryl methyl sites for hydroxylation is 1. The molecule has 4 heterocycles. The largest absolute Gasteiger partial charge is 0.378 e. The molecule has 44 heavy (non-hydrogen) atoms. The first-order valence-corrected chi connectivity index (χ1v) is 14.9. The number of hydrogen-bond acceptors (Lipinski definition) is 5. The van der Waals surface area contributed by atoms with Gasteiger partial charge in [-0.15, -0.1) is 0 Å². The average Bonchev–Trinajstić information content (AvgIpc) is 3.65. The third-order valence-corrected chi connectivity index (χ3v) is 8.22. The van der Waals surface area contributed by atoms with Gasteiger partial charge in [-0.1, -0.05) is 60.7 Å². The van der Waals surface area contributed by atoms with Gasteiger partial charge in [-0.25, -0.2) is 9.97 Å². The SMILES string of the molecule is Cc1ncn(Cc2ccc(Nc3ccccn3)cc2)c1Cn1cc(C(=O)N2CCOCC2)c(-c2cccc3ccccc23)c1. The molecule has 7 rings (SSSR count). The van der Waals surface area contributed by atoms with Gasteiger partial charge in [0, 0.05) is 49.5 Å². The van der Waals surface area contributed by atoms with Crippen molar-refractivity contribution in [1.82, 2.24) is 24.0 Å². The molecule has 1 saturated heterocycles. The minimum Gasteiger partial charge on any atom is -0.378 e. The van der Waals surface area contributed by atoms with Crippen molar-refractivity contribution >= 4 is 28.2 Å². The lowest BCUT2D eigenvalue weighted by atomic mass is 9.97. The second-order valence-corrected chi connectivity index (χ2v) is 11.1. The first-order valence-electron chi connectivity index (χ1n) is 14.9. The molecule has 1 aliphatic rings.